The molecule has 0 atom stereocenters. The van der Waals surface area contributed by atoms with Crippen molar-refractivity contribution in [2.24, 2.45) is 0 Å². The Morgan fingerprint density at radius 3 is 2.29 bits per heavy atom. The monoisotopic (exact) mass is 226 g/mol. The Labute approximate surface area is 104 Å². The molecule has 0 heterocycles. The van der Waals surface area contributed by atoms with E-state index >= 15 is 0 Å². The van der Waals surface area contributed by atoms with Gasteiger partial charge in [0.05, 0.1) is 0 Å². The molecule has 17 heavy (non-hydrogen) atoms. The van der Waals surface area contributed by atoms with Crippen LogP contribution in [0.3, 0.4) is 0 Å². The van der Waals surface area contributed by atoms with Gasteiger partial charge in [-0.15, -0.1) is 17.2 Å². The van der Waals surface area contributed by atoms with E-state index in [1.165, 1.54) is 16.7 Å². The van der Waals surface area contributed by atoms with Gasteiger partial charge in [0.15, 0.2) is 0 Å². The van der Waals surface area contributed by atoms with Crippen molar-refractivity contribution < 1.29 is 0 Å². The summed E-state index contributed by atoms with van der Waals surface area (Å²) in [4.78, 5) is 2.45. The largest absolute Gasteiger partial charge is 0.308 e. The molecule has 90 valence electrons. The smallest absolute Gasteiger partial charge is 0.00523 e. The summed E-state index contributed by atoms with van der Waals surface area (Å²) in [5.41, 5.74) is 4.12. The van der Waals surface area contributed by atoms with Crippen LogP contribution in [0.25, 0.3) is 11.1 Å². The molecule has 0 aromatic heterocycles. The van der Waals surface area contributed by atoms with Crippen LogP contribution in [0.1, 0.15) is 19.4 Å². The zero-order chi connectivity index (χ0) is 12.1. The Morgan fingerprint density at radius 2 is 1.65 bits per heavy atom. The lowest BCUT2D eigenvalue weighted by atomic mass is 10.0. The highest BCUT2D eigenvalue weighted by molar-refractivity contribution is 5.68. The Kier molecular flexibility index (Phi) is 4.05. The van der Waals surface area contributed by atoms with Gasteiger partial charge in [-0.2, -0.15) is 12.1 Å². The summed E-state index contributed by atoms with van der Waals surface area (Å²) < 4.78 is 0. The molecular formula is C16H20N-. The average Bonchev–Trinajstić information content (AvgIpc) is 2.85. The average molecular weight is 226 g/mol. The minimum Gasteiger partial charge on any atom is -0.308 e. The number of hydrogen-bond donors (Lipinski definition) is 0. The molecule has 0 fully saturated rings. The van der Waals surface area contributed by atoms with Crippen molar-refractivity contribution in [2.45, 2.75) is 20.4 Å². The Hall–Kier alpha value is -1.47. The first-order valence-corrected chi connectivity index (χ1v) is 6.37. The number of nitrogens with zero attached hydrogens (tertiary/aromatic N) is 1. The summed E-state index contributed by atoms with van der Waals surface area (Å²) in [6.07, 6.45) is 0. The lowest BCUT2D eigenvalue weighted by molar-refractivity contribution is 0.296. The predicted molar refractivity (Wildman–Crippen MR) is 74.1 cm³/mol. The van der Waals surface area contributed by atoms with Crippen molar-refractivity contribution in [1.29, 1.82) is 0 Å². The quantitative estimate of drug-likeness (QED) is 0.699. The lowest BCUT2D eigenvalue weighted by Gasteiger charge is -2.22. The van der Waals surface area contributed by atoms with Crippen molar-refractivity contribution in [3.8, 4) is 11.1 Å². The highest BCUT2D eigenvalue weighted by Gasteiger charge is 2.01. The molecule has 0 bridgehead atoms. The van der Waals surface area contributed by atoms with Crippen LogP contribution >= 0.6 is 0 Å². The van der Waals surface area contributed by atoms with Crippen LogP contribution in [-0.2, 0) is 6.54 Å². The number of rotatable bonds is 5. The van der Waals surface area contributed by atoms with Crippen LogP contribution in [0.15, 0.2) is 48.5 Å². The number of benzene rings is 1. The van der Waals surface area contributed by atoms with E-state index in [9.17, 15) is 0 Å². The second-order valence-electron chi connectivity index (χ2n) is 4.29. The molecule has 0 aliphatic carbocycles. The first-order chi connectivity index (χ1) is 8.35. The molecule has 2 rings (SSSR count). The Morgan fingerprint density at radius 1 is 0.941 bits per heavy atom. The standard InChI is InChI=1S/C16H20N/c1-3-17(4-2)13-15-11-8-12-16(15)14-9-6-5-7-10-14/h5-12H,3-4,13H2,1-2H3/q-1. The van der Waals surface area contributed by atoms with Crippen molar-refractivity contribution in [3.05, 3.63) is 54.1 Å². The highest BCUT2D eigenvalue weighted by atomic mass is 15.1. The van der Waals surface area contributed by atoms with E-state index < -0.39 is 0 Å². The van der Waals surface area contributed by atoms with Gasteiger partial charge in [0.1, 0.15) is 0 Å². The van der Waals surface area contributed by atoms with Gasteiger partial charge in [0, 0.05) is 0 Å². The third kappa shape index (κ3) is 2.80. The maximum absolute atomic E-state index is 2.45. The molecule has 0 saturated heterocycles. The van der Waals surface area contributed by atoms with E-state index in [1.54, 1.807) is 0 Å². The van der Waals surface area contributed by atoms with Gasteiger partial charge in [-0.1, -0.05) is 49.7 Å². The molecule has 0 unspecified atom stereocenters. The van der Waals surface area contributed by atoms with Gasteiger partial charge < -0.3 is 4.90 Å². The summed E-state index contributed by atoms with van der Waals surface area (Å²) in [7, 11) is 0. The van der Waals surface area contributed by atoms with Crippen molar-refractivity contribution >= 4 is 0 Å². The normalized spacial score (nSPS) is 11.0. The fourth-order valence-electron chi connectivity index (χ4n) is 2.18. The van der Waals surface area contributed by atoms with Crippen LogP contribution < -0.4 is 0 Å². The highest BCUT2D eigenvalue weighted by Crippen LogP contribution is 2.25. The molecule has 2 aromatic carbocycles. The Balaban J connectivity index is 2.23. The minimum absolute atomic E-state index is 1.05. The predicted octanol–water partition coefficient (Wildman–Crippen LogP) is 3.91. The molecule has 0 aliphatic rings. The topological polar surface area (TPSA) is 3.24 Å². The van der Waals surface area contributed by atoms with E-state index in [2.05, 4.69) is 67.3 Å². The van der Waals surface area contributed by atoms with Crippen LogP contribution in [0.4, 0.5) is 0 Å². The molecule has 0 amide bonds. The third-order valence-electron chi connectivity index (χ3n) is 3.28. The summed E-state index contributed by atoms with van der Waals surface area (Å²) in [6.45, 7) is 7.69. The molecule has 0 spiro atoms. The fourth-order valence-corrected chi connectivity index (χ4v) is 2.18. The second-order valence-corrected chi connectivity index (χ2v) is 4.29. The van der Waals surface area contributed by atoms with E-state index in [0.29, 0.717) is 0 Å². The third-order valence-corrected chi connectivity index (χ3v) is 3.28. The zero-order valence-electron chi connectivity index (χ0n) is 10.7. The van der Waals surface area contributed by atoms with E-state index in [0.717, 1.165) is 19.6 Å². The van der Waals surface area contributed by atoms with Gasteiger partial charge in [-0.3, -0.25) is 0 Å². The molecule has 0 radical (unpaired) electrons. The second kappa shape index (κ2) is 5.74. The van der Waals surface area contributed by atoms with Crippen LogP contribution in [-0.4, -0.2) is 18.0 Å². The van der Waals surface area contributed by atoms with Crippen LogP contribution in [0.5, 0.6) is 0 Å². The number of hydrogen-bond acceptors (Lipinski definition) is 1. The summed E-state index contributed by atoms with van der Waals surface area (Å²) >= 11 is 0. The van der Waals surface area contributed by atoms with Gasteiger partial charge in [-0.25, -0.2) is 0 Å². The molecule has 1 heteroatoms. The summed E-state index contributed by atoms with van der Waals surface area (Å²) in [5.74, 6) is 0. The lowest BCUT2D eigenvalue weighted by Crippen LogP contribution is -2.22. The van der Waals surface area contributed by atoms with Crippen molar-refractivity contribution in [1.82, 2.24) is 4.90 Å². The fraction of sp³-hybridized carbons (Fsp3) is 0.312. The first-order valence-electron chi connectivity index (χ1n) is 6.37. The van der Waals surface area contributed by atoms with Gasteiger partial charge in [0.2, 0.25) is 0 Å². The van der Waals surface area contributed by atoms with Gasteiger partial charge >= 0.3 is 0 Å². The first kappa shape index (κ1) is 12.0. The molecular weight excluding hydrogens is 206 g/mol. The Bertz CT molecular complexity index is 438. The van der Waals surface area contributed by atoms with Gasteiger partial charge in [0.25, 0.3) is 0 Å². The van der Waals surface area contributed by atoms with E-state index in [4.69, 9.17) is 0 Å². The maximum Gasteiger partial charge on any atom is -0.00523 e. The van der Waals surface area contributed by atoms with Crippen molar-refractivity contribution in [3.63, 3.8) is 0 Å². The molecule has 0 saturated carbocycles. The summed E-state index contributed by atoms with van der Waals surface area (Å²) in [6, 6.07) is 17.2. The van der Waals surface area contributed by atoms with Crippen LogP contribution in [0.2, 0.25) is 0 Å². The van der Waals surface area contributed by atoms with E-state index in [1.807, 2.05) is 0 Å². The zero-order valence-corrected chi connectivity index (χ0v) is 10.7. The van der Waals surface area contributed by atoms with Crippen LogP contribution in [0, 0.1) is 0 Å². The summed E-state index contributed by atoms with van der Waals surface area (Å²) in [5, 5.41) is 0. The molecule has 0 aliphatic heterocycles. The van der Waals surface area contributed by atoms with E-state index in [-0.39, 0.29) is 0 Å². The van der Waals surface area contributed by atoms with Crippen molar-refractivity contribution in [2.75, 3.05) is 13.1 Å². The molecule has 1 nitrogen and oxygen atoms in total. The SMILES string of the molecule is CCN(CC)C[c-]1cccc1-c1ccccc1. The molecule has 2 aromatic rings. The van der Waals surface area contributed by atoms with Gasteiger partial charge in [-0.05, 0) is 19.6 Å². The molecule has 0 N–H and O–H groups in total. The minimum atomic E-state index is 1.05. The maximum atomic E-state index is 2.45.